The largest absolute Gasteiger partial charge is 0.301 e. The second-order valence-electron chi connectivity index (χ2n) is 3.99. The van der Waals surface area contributed by atoms with Crippen molar-refractivity contribution in [1.82, 2.24) is 5.32 Å². The van der Waals surface area contributed by atoms with Gasteiger partial charge in [-0.1, -0.05) is 31.0 Å². The van der Waals surface area contributed by atoms with Crippen LogP contribution >= 0.6 is 0 Å². The minimum absolute atomic E-state index is 0.0711. The zero-order chi connectivity index (χ0) is 12.0. The molecule has 0 saturated heterocycles. The Morgan fingerprint density at radius 3 is 2.69 bits per heavy atom. The van der Waals surface area contributed by atoms with E-state index in [0.29, 0.717) is 6.42 Å². The van der Waals surface area contributed by atoms with Crippen LogP contribution in [0, 0.1) is 18.2 Å². The molecule has 0 radical (unpaired) electrons. The molecule has 0 heterocycles. The fourth-order valence-electron chi connectivity index (χ4n) is 1.68. The van der Waals surface area contributed by atoms with E-state index in [1.165, 1.54) is 6.07 Å². The summed E-state index contributed by atoms with van der Waals surface area (Å²) in [7, 11) is 0. The number of terminal acetylenes is 1. The number of halogens is 1. The summed E-state index contributed by atoms with van der Waals surface area (Å²) < 4.78 is 13.4. The molecule has 0 bridgehead atoms. The molecule has 0 aliphatic heterocycles. The van der Waals surface area contributed by atoms with Crippen LogP contribution in [0.25, 0.3) is 0 Å². The summed E-state index contributed by atoms with van der Waals surface area (Å²) in [5.41, 5.74) is 0.731. The molecule has 16 heavy (non-hydrogen) atoms. The highest BCUT2D eigenvalue weighted by Gasteiger charge is 2.10. The van der Waals surface area contributed by atoms with Crippen molar-refractivity contribution in [1.29, 1.82) is 0 Å². The Morgan fingerprint density at radius 1 is 1.44 bits per heavy atom. The minimum Gasteiger partial charge on any atom is -0.301 e. The van der Waals surface area contributed by atoms with Gasteiger partial charge >= 0.3 is 0 Å². The minimum atomic E-state index is -0.148. The Kier molecular flexibility index (Phi) is 5.01. The van der Waals surface area contributed by atoms with Crippen molar-refractivity contribution >= 4 is 0 Å². The van der Waals surface area contributed by atoms with Crippen LogP contribution < -0.4 is 5.32 Å². The van der Waals surface area contributed by atoms with E-state index in [4.69, 9.17) is 6.42 Å². The lowest BCUT2D eigenvalue weighted by Gasteiger charge is -2.18. The second-order valence-corrected chi connectivity index (χ2v) is 3.99. The first-order valence-corrected chi connectivity index (χ1v) is 5.63. The monoisotopic (exact) mass is 219 g/mol. The van der Waals surface area contributed by atoms with Crippen molar-refractivity contribution in [2.24, 2.45) is 0 Å². The molecule has 1 nitrogen and oxygen atoms in total. The van der Waals surface area contributed by atoms with E-state index < -0.39 is 0 Å². The van der Waals surface area contributed by atoms with E-state index in [9.17, 15) is 4.39 Å². The molecule has 0 spiro atoms. The lowest BCUT2D eigenvalue weighted by molar-refractivity contribution is 0.484. The van der Waals surface area contributed by atoms with Gasteiger partial charge in [0.2, 0.25) is 0 Å². The topological polar surface area (TPSA) is 12.0 Å². The molecule has 1 N–H and O–H groups in total. The van der Waals surface area contributed by atoms with Gasteiger partial charge in [-0.15, -0.1) is 6.42 Å². The standard InChI is InChI=1S/C14H18FN/c1-4-13(5-2)16-11(3)10-12-8-6-7-9-14(12)15/h1,6-9,11,13,16H,5,10H2,2-3H3. The van der Waals surface area contributed by atoms with Crippen LogP contribution in [0.15, 0.2) is 24.3 Å². The van der Waals surface area contributed by atoms with E-state index in [1.54, 1.807) is 6.07 Å². The van der Waals surface area contributed by atoms with E-state index in [-0.39, 0.29) is 17.9 Å². The quantitative estimate of drug-likeness (QED) is 0.751. The van der Waals surface area contributed by atoms with Crippen LogP contribution in [0.5, 0.6) is 0 Å². The van der Waals surface area contributed by atoms with Gasteiger partial charge in [-0.3, -0.25) is 0 Å². The third-order valence-electron chi connectivity index (χ3n) is 2.58. The van der Waals surface area contributed by atoms with Crippen LogP contribution in [-0.4, -0.2) is 12.1 Å². The summed E-state index contributed by atoms with van der Waals surface area (Å²) in [5, 5.41) is 3.29. The molecular formula is C14H18FN. The highest BCUT2D eigenvalue weighted by atomic mass is 19.1. The molecule has 0 aromatic heterocycles. The van der Waals surface area contributed by atoms with Crippen LogP contribution in [0.3, 0.4) is 0 Å². The van der Waals surface area contributed by atoms with E-state index in [2.05, 4.69) is 11.2 Å². The van der Waals surface area contributed by atoms with Crippen molar-refractivity contribution in [2.75, 3.05) is 0 Å². The average Bonchev–Trinajstić information content (AvgIpc) is 2.29. The molecule has 1 rings (SSSR count). The van der Waals surface area contributed by atoms with E-state index in [0.717, 1.165) is 12.0 Å². The van der Waals surface area contributed by atoms with Gasteiger partial charge in [-0.25, -0.2) is 4.39 Å². The number of rotatable bonds is 5. The first kappa shape index (κ1) is 12.7. The van der Waals surface area contributed by atoms with Crippen molar-refractivity contribution in [3.8, 4) is 12.3 Å². The normalized spacial score (nSPS) is 14.1. The Balaban J connectivity index is 2.55. The van der Waals surface area contributed by atoms with Crippen molar-refractivity contribution in [3.63, 3.8) is 0 Å². The first-order chi connectivity index (χ1) is 7.67. The Bertz CT molecular complexity index is 367. The van der Waals surface area contributed by atoms with Gasteiger partial charge in [0.05, 0.1) is 6.04 Å². The highest BCUT2D eigenvalue weighted by Crippen LogP contribution is 2.09. The Labute approximate surface area is 97.1 Å². The molecule has 0 saturated carbocycles. The summed E-state index contributed by atoms with van der Waals surface area (Å²) in [6.45, 7) is 4.06. The first-order valence-electron chi connectivity index (χ1n) is 5.63. The zero-order valence-electron chi connectivity index (χ0n) is 9.83. The Morgan fingerprint density at radius 2 is 2.12 bits per heavy atom. The van der Waals surface area contributed by atoms with Gasteiger partial charge in [0, 0.05) is 6.04 Å². The molecule has 2 atom stereocenters. The van der Waals surface area contributed by atoms with Gasteiger partial charge in [0.15, 0.2) is 0 Å². The summed E-state index contributed by atoms with van der Waals surface area (Å²) >= 11 is 0. The predicted molar refractivity (Wildman–Crippen MR) is 65.6 cm³/mol. The van der Waals surface area contributed by atoms with Gasteiger partial charge in [0.1, 0.15) is 5.82 Å². The summed E-state index contributed by atoms with van der Waals surface area (Å²) in [5.74, 6) is 2.53. The molecule has 1 aromatic rings. The highest BCUT2D eigenvalue weighted by molar-refractivity contribution is 5.18. The number of benzene rings is 1. The van der Waals surface area contributed by atoms with Crippen molar-refractivity contribution < 1.29 is 4.39 Å². The smallest absolute Gasteiger partial charge is 0.126 e. The molecular weight excluding hydrogens is 201 g/mol. The van der Waals surface area contributed by atoms with Crippen LogP contribution in [-0.2, 0) is 6.42 Å². The maximum absolute atomic E-state index is 13.4. The maximum atomic E-state index is 13.4. The van der Waals surface area contributed by atoms with Crippen LogP contribution in [0.4, 0.5) is 4.39 Å². The molecule has 0 aliphatic rings. The van der Waals surface area contributed by atoms with Gasteiger partial charge < -0.3 is 5.32 Å². The summed E-state index contributed by atoms with van der Waals surface area (Å²) in [4.78, 5) is 0. The summed E-state index contributed by atoms with van der Waals surface area (Å²) in [6, 6.07) is 7.10. The molecule has 2 heteroatoms. The maximum Gasteiger partial charge on any atom is 0.126 e. The Hall–Kier alpha value is -1.33. The summed E-state index contributed by atoms with van der Waals surface area (Å²) in [6.07, 6.45) is 6.91. The number of nitrogens with one attached hydrogen (secondary N) is 1. The molecule has 1 aromatic carbocycles. The third-order valence-corrected chi connectivity index (χ3v) is 2.58. The number of hydrogen-bond acceptors (Lipinski definition) is 1. The third kappa shape index (κ3) is 3.67. The fraction of sp³-hybridized carbons (Fsp3) is 0.429. The zero-order valence-corrected chi connectivity index (χ0v) is 9.83. The van der Waals surface area contributed by atoms with Gasteiger partial charge in [-0.2, -0.15) is 0 Å². The number of hydrogen-bond donors (Lipinski definition) is 1. The lowest BCUT2D eigenvalue weighted by atomic mass is 10.1. The average molecular weight is 219 g/mol. The van der Waals surface area contributed by atoms with Crippen LogP contribution in [0.1, 0.15) is 25.8 Å². The van der Waals surface area contributed by atoms with Gasteiger partial charge in [0.25, 0.3) is 0 Å². The van der Waals surface area contributed by atoms with Crippen LogP contribution in [0.2, 0.25) is 0 Å². The lowest BCUT2D eigenvalue weighted by Crippen LogP contribution is -2.36. The predicted octanol–water partition coefficient (Wildman–Crippen LogP) is 2.76. The van der Waals surface area contributed by atoms with E-state index >= 15 is 0 Å². The molecule has 86 valence electrons. The fourth-order valence-corrected chi connectivity index (χ4v) is 1.68. The molecule has 0 aliphatic carbocycles. The molecule has 0 amide bonds. The second kappa shape index (κ2) is 6.30. The van der Waals surface area contributed by atoms with Crippen molar-refractivity contribution in [3.05, 3.63) is 35.6 Å². The molecule has 0 fully saturated rings. The van der Waals surface area contributed by atoms with Crippen molar-refractivity contribution in [2.45, 2.75) is 38.8 Å². The van der Waals surface area contributed by atoms with Gasteiger partial charge in [-0.05, 0) is 31.4 Å². The van der Waals surface area contributed by atoms with E-state index in [1.807, 2.05) is 26.0 Å². The SMILES string of the molecule is C#CC(CC)NC(C)Cc1ccccc1F. The molecule has 2 unspecified atom stereocenters.